The van der Waals surface area contributed by atoms with Crippen molar-refractivity contribution in [2.75, 3.05) is 13.1 Å². The average molecular weight is 170 g/mol. The molecule has 1 saturated carbocycles. The predicted molar refractivity (Wildman–Crippen MR) is 53.2 cm³/mol. The fourth-order valence-electron chi connectivity index (χ4n) is 1.68. The molecule has 0 bridgehead atoms. The summed E-state index contributed by atoms with van der Waals surface area (Å²) in [5.74, 6) is 0. The van der Waals surface area contributed by atoms with Gasteiger partial charge in [-0.25, -0.2) is 0 Å². The van der Waals surface area contributed by atoms with Crippen LogP contribution < -0.4 is 5.73 Å². The highest BCUT2D eigenvalue weighted by Crippen LogP contribution is 2.29. The highest BCUT2D eigenvalue weighted by molar-refractivity contribution is 4.86. The molecule has 0 heterocycles. The molecule has 0 saturated heterocycles. The van der Waals surface area contributed by atoms with E-state index in [2.05, 4.69) is 18.7 Å². The zero-order valence-corrected chi connectivity index (χ0v) is 8.42. The van der Waals surface area contributed by atoms with Crippen molar-refractivity contribution in [2.24, 2.45) is 5.73 Å². The van der Waals surface area contributed by atoms with E-state index >= 15 is 0 Å². The van der Waals surface area contributed by atoms with Crippen LogP contribution in [0.15, 0.2) is 0 Å². The zero-order chi connectivity index (χ0) is 8.97. The Kier molecular flexibility index (Phi) is 4.02. The monoisotopic (exact) mass is 170 g/mol. The molecule has 2 nitrogen and oxygen atoms in total. The van der Waals surface area contributed by atoms with Crippen LogP contribution in [-0.4, -0.2) is 30.1 Å². The van der Waals surface area contributed by atoms with E-state index in [0.717, 1.165) is 25.0 Å². The lowest BCUT2D eigenvalue weighted by molar-refractivity contribution is 0.192. The Balaban J connectivity index is 2.26. The van der Waals surface area contributed by atoms with Crippen LogP contribution in [0, 0.1) is 0 Å². The summed E-state index contributed by atoms with van der Waals surface area (Å²) >= 11 is 0. The second-order valence-corrected chi connectivity index (χ2v) is 3.87. The van der Waals surface area contributed by atoms with Gasteiger partial charge in [-0.1, -0.05) is 6.92 Å². The smallest absolute Gasteiger partial charge is 0.00992 e. The number of nitrogens with two attached hydrogens (primary N) is 1. The van der Waals surface area contributed by atoms with Crippen molar-refractivity contribution >= 4 is 0 Å². The summed E-state index contributed by atoms with van der Waals surface area (Å²) in [6.45, 7) is 6.63. The fourth-order valence-corrected chi connectivity index (χ4v) is 1.68. The van der Waals surface area contributed by atoms with Gasteiger partial charge in [0.15, 0.2) is 0 Å². The van der Waals surface area contributed by atoms with Crippen molar-refractivity contribution in [1.82, 2.24) is 4.90 Å². The first kappa shape index (κ1) is 10.0. The maximum absolute atomic E-state index is 5.51. The molecule has 12 heavy (non-hydrogen) atoms. The molecule has 2 N–H and O–H groups in total. The van der Waals surface area contributed by atoms with Gasteiger partial charge in [-0.3, -0.25) is 4.90 Å². The van der Waals surface area contributed by atoms with Gasteiger partial charge in [0.05, 0.1) is 0 Å². The van der Waals surface area contributed by atoms with Crippen LogP contribution >= 0.6 is 0 Å². The first-order valence-corrected chi connectivity index (χ1v) is 5.25. The molecule has 0 aromatic rings. The van der Waals surface area contributed by atoms with Gasteiger partial charge in [0.25, 0.3) is 0 Å². The molecule has 0 aromatic carbocycles. The van der Waals surface area contributed by atoms with E-state index in [1.807, 2.05) is 0 Å². The third-order valence-electron chi connectivity index (χ3n) is 2.79. The number of hydrogen-bond acceptors (Lipinski definition) is 2. The standard InChI is InChI=1S/C10H22N2/c1-3-9(2)12(8-4-7-11)10-5-6-10/h9-10H,3-8,11H2,1-2H3. The van der Waals surface area contributed by atoms with Crippen molar-refractivity contribution < 1.29 is 0 Å². The van der Waals surface area contributed by atoms with E-state index in [0.29, 0.717) is 0 Å². The van der Waals surface area contributed by atoms with E-state index in [1.165, 1.54) is 25.8 Å². The van der Waals surface area contributed by atoms with E-state index in [-0.39, 0.29) is 0 Å². The largest absolute Gasteiger partial charge is 0.330 e. The Bertz CT molecular complexity index is 121. The minimum absolute atomic E-state index is 0.754. The van der Waals surface area contributed by atoms with Crippen molar-refractivity contribution in [3.63, 3.8) is 0 Å². The number of hydrogen-bond donors (Lipinski definition) is 1. The van der Waals surface area contributed by atoms with Crippen LogP contribution in [0.4, 0.5) is 0 Å². The fraction of sp³-hybridized carbons (Fsp3) is 1.00. The van der Waals surface area contributed by atoms with Crippen LogP contribution in [0.25, 0.3) is 0 Å². The maximum Gasteiger partial charge on any atom is 0.00992 e. The molecule has 0 spiro atoms. The average Bonchev–Trinajstić information content (AvgIpc) is 2.88. The van der Waals surface area contributed by atoms with Crippen LogP contribution in [0.1, 0.15) is 39.5 Å². The molecule has 0 radical (unpaired) electrons. The Morgan fingerprint density at radius 1 is 1.50 bits per heavy atom. The molecule has 0 aromatic heterocycles. The molecule has 72 valence electrons. The lowest BCUT2D eigenvalue weighted by atomic mass is 10.2. The van der Waals surface area contributed by atoms with E-state index in [4.69, 9.17) is 5.73 Å². The third kappa shape index (κ3) is 2.76. The van der Waals surface area contributed by atoms with Crippen molar-refractivity contribution in [3.8, 4) is 0 Å². The van der Waals surface area contributed by atoms with Crippen molar-refractivity contribution in [1.29, 1.82) is 0 Å². The molecular formula is C10H22N2. The molecule has 1 aliphatic carbocycles. The Hall–Kier alpha value is -0.0800. The van der Waals surface area contributed by atoms with Crippen LogP contribution in [-0.2, 0) is 0 Å². The topological polar surface area (TPSA) is 29.3 Å². The molecule has 1 aliphatic rings. The van der Waals surface area contributed by atoms with Gasteiger partial charge in [-0.15, -0.1) is 0 Å². The first-order valence-electron chi connectivity index (χ1n) is 5.25. The normalized spacial score (nSPS) is 20.0. The molecule has 1 atom stereocenters. The first-order chi connectivity index (χ1) is 5.79. The number of nitrogens with zero attached hydrogens (tertiary/aromatic N) is 1. The van der Waals surface area contributed by atoms with Gasteiger partial charge in [0.2, 0.25) is 0 Å². The summed E-state index contributed by atoms with van der Waals surface area (Å²) in [6, 6.07) is 1.65. The summed E-state index contributed by atoms with van der Waals surface area (Å²) in [4.78, 5) is 2.63. The SMILES string of the molecule is CCC(C)N(CCCN)C1CC1. The van der Waals surface area contributed by atoms with Crippen LogP contribution in [0.3, 0.4) is 0 Å². The predicted octanol–water partition coefficient (Wildman–Crippen LogP) is 1.60. The van der Waals surface area contributed by atoms with Gasteiger partial charge in [0.1, 0.15) is 0 Å². The second-order valence-electron chi connectivity index (χ2n) is 3.87. The van der Waals surface area contributed by atoms with Gasteiger partial charge >= 0.3 is 0 Å². The van der Waals surface area contributed by atoms with E-state index in [1.54, 1.807) is 0 Å². The highest BCUT2D eigenvalue weighted by atomic mass is 15.2. The van der Waals surface area contributed by atoms with E-state index < -0.39 is 0 Å². The van der Waals surface area contributed by atoms with Gasteiger partial charge in [-0.2, -0.15) is 0 Å². The number of rotatable bonds is 6. The second kappa shape index (κ2) is 4.83. The van der Waals surface area contributed by atoms with Gasteiger partial charge in [-0.05, 0) is 45.7 Å². The van der Waals surface area contributed by atoms with E-state index in [9.17, 15) is 0 Å². The van der Waals surface area contributed by atoms with Crippen molar-refractivity contribution in [3.05, 3.63) is 0 Å². The third-order valence-corrected chi connectivity index (χ3v) is 2.79. The summed E-state index contributed by atoms with van der Waals surface area (Å²) in [6.07, 6.45) is 5.24. The van der Waals surface area contributed by atoms with Gasteiger partial charge in [0, 0.05) is 12.1 Å². The Morgan fingerprint density at radius 2 is 2.17 bits per heavy atom. The quantitative estimate of drug-likeness (QED) is 0.656. The minimum Gasteiger partial charge on any atom is -0.330 e. The molecule has 1 rings (SSSR count). The molecule has 1 fully saturated rings. The summed E-state index contributed by atoms with van der Waals surface area (Å²) in [7, 11) is 0. The molecule has 1 unspecified atom stereocenters. The summed E-state index contributed by atoms with van der Waals surface area (Å²) < 4.78 is 0. The Morgan fingerprint density at radius 3 is 2.58 bits per heavy atom. The van der Waals surface area contributed by atoms with Crippen LogP contribution in [0.2, 0.25) is 0 Å². The maximum atomic E-state index is 5.51. The Labute approximate surface area is 76.1 Å². The lowest BCUT2D eigenvalue weighted by Crippen LogP contribution is -2.36. The highest BCUT2D eigenvalue weighted by Gasteiger charge is 2.30. The summed E-state index contributed by atoms with van der Waals surface area (Å²) in [5.41, 5.74) is 5.51. The molecule has 0 amide bonds. The van der Waals surface area contributed by atoms with Crippen molar-refractivity contribution in [2.45, 2.75) is 51.6 Å². The molecular weight excluding hydrogens is 148 g/mol. The minimum atomic E-state index is 0.754. The molecule has 2 heteroatoms. The van der Waals surface area contributed by atoms with Crippen LogP contribution in [0.5, 0.6) is 0 Å². The van der Waals surface area contributed by atoms with Gasteiger partial charge < -0.3 is 5.73 Å². The summed E-state index contributed by atoms with van der Waals surface area (Å²) in [5, 5.41) is 0. The zero-order valence-electron chi connectivity index (χ0n) is 8.42. The molecule has 0 aliphatic heterocycles. The lowest BCUT2D eigenvalue weighted by Gasteiger charge is -2.28.